The Balaban J connectivity index is 1.32. The Labute approximate surface area is 177 Å². The molecule has 1 aromatic carbocycles. The van der Waals surface area contributed by atoms with Crippen LogP contribution in [0.15, 0.2) is 28.8 Å². The Hall–Kier alpha value is -3.14. The molecule has 0 radical (unpaired) electrons. The Morgan fingerprint density at radius 1 is 1.17 bits per heavy atom. The first-order valence-corrected chi connectivity index (χ1v) is 10.5. The second kappa shape index (κ2) is 8.70. The summed E-state index contributed by atoms with van der Waals surface area (Å²) in [5.74, 6) is 0.901. The highest BCUT2D eigenvalue weighted by Crippen LogP contribution is 2.26. The molecule has 0 bridgehead atoms. The molecule has 0 spiro atoms. The van der Waals surface area contributed by atoms with Gasteiger partial charge in [0.1, 0.15) is 12.4 Å². The van der Waals surface area contributed by atoms with Gasteiger partial charge in [-0.15, -0.1) is 11.3 Å². The summed E-state index contributed by atoms with van der Waals surface area (Å²) in [4.78, 5) is 32.1. The van der Waals surface area contributed by atoms with Crippen molar-refractivity contribution in [2.75, 3.05) is 32.8 Å². The van der Waals surface area contributed by atoms with Crippen LogP contribution in [0.2, 0.25) is 0 Å². The van der Waals surface area contributed by atoms with Crippen molar-refractivity contribution >= 4 is 33.6 Å². The third-order valence-electron chi connectivity index (χ3n) is 4.72. The summed E-state index contributed by atoms with van der Waals surface area (Å²) in [7, 11) is 0. The lowest BCUT2D eigenvalue weighted by atomic mass is 10.2. The zero-order valence-electron chi connectivity index (χ0n) is 16.8. The Kier molecular flexibility index (Phi) is 5.84. The van der Waals surface area contributed by atoms with Crippen LogP contribution < -0.4 is 4.74 Å². The second-order valence-electron chi connectivity index (χ2n) is 6.81. The van der Waals surface area contributed by atoms with Gasteiger partial charge < -0.3 is 23.8 Å². The summed E-state index contributed by atoms with van der Waals surface area (Å²) in [6.07, 6.45) is -0.350. The van der Waals surface area contributed by atoms with E-state index in [2.05, 4.69) is 10.1 Å². The summed E-state index contributed by atoms with van der Waals surface area (Å²) in [6, 6.07) is 7.32. The van der Waals surface area contributed by atoms with Crippen molar-refractivity contribution in [1.82, 2.24) is 19.9 Å². The van der Waals surface area contributed by atoms with Gasteiger partial charge in [-0.05, 0) is 26.0 Å². The lowest BCUT2D eigenvalue weighted by molar-refractivity contribution is 0.0562. The second-order valence-corrected chi connectivity index (χ2v) is 8.04. The number of hydrogen-bond donors (Lipinski definition) is 0. The van der Waals surface area contributed by atoms with E-state index in [4.69, 9.17) is 14.0 Å². The number of piperazine rings is 1. The topological polar surface area (TPSA) is 98.0 Å². The summed E-state index contributed by atoms with van der Waals surface area (Å²) < 4.78 is 17.1. The average Bonchev–Trinajstić information content (AvgIpc) is 3.37. The lowest BCUT2D eigenvalue weighted by Gasteiger charge is -2.33. The molecule has 2 aromatic heterocycles. The molecule has 1 aliphatic rings. The zero-order valence-corrected chi connectivity index (χ0v) is 17.6. The van der Waals surface area contributed by atoms with Crippen LogP contribution in [0.3, 0.4) is 0 Å². The van der Waals surface area contributed by atoms with E-state index >= 15 is 0 Å². The molecule has 2 amide bonds. The average molecular weight is 430 g/mol. The first-order chi connectivity index (χ1) is 14.5. The van der Waals surface area contributed by atoms with E-state index in [0.717, 1.165) is 15.2 Å². The minimum atomic E-state index is -0.350. The quantitative estimate of drug-likeness (QED) is 0.613. The highest BCUT2D eigenvalue weighted by Gasteiger charge is 2.27. The van der Waals surface area contributed by atoms with Gasteiger partial charge in [0.15, 0.2) is 11.5 Å². The molecule has 158 valence electrons. The maximum absolute atomic E-state index is 12.7. The molecule has 0 saturated carbocycles. The van der Waals surface area contributed by atoms with Gasteiger partial charge in [-0.2, -0.15) is 0 Å². The number of ether oxygens (including phenoxy) is 2. The van der Waals surface area contributed by atoms with Crippen LogP contribution in [0.1, 0.15) is 28.2 Å². The molecule has 9 nitrogen and oxygen atoms in total. The number of benzene rings is 1. The van der Waals surface area contributed by atoms with E-state index in [-0.39, 0.29) is 24.3 Å². The molecule has 10 heteroatoms. The summed E-state index contributed by atoms with van der Waals surface area (Å²) >= 11 is 1.63. The number of nitrogens with zero attached hydrogens (tertiary/aromatic N) is 4. The predicted molar refractivity (Wildman–Crippen MR) is 110 cm³/mol. The third kappa shape index (κ3) is 4.38. The molecule has 4 rings (SSSR count). The highest BCUT2D eigenvalue weighted by molar-refractivity contribution is 7.18. The molecular weight excluding hydrogens is 408 g/mol. The first-order valence-electron chi connectivity index (χ1n) is 9.70. The Morgan fingerprint density at radius 3 is 2.70 bits per heavy atom. The van der Waals surface area contributed by atoms with Gasteiger partial charge >= 0.3 is 6.09 Å². The van der Waals surface area contributed by atoms with Crippen molar-refractivity contribution in [1.29, 1.82) is 0 Å². The van der Waals surface area contributed by atoms with Gasteiger partial charge in [0.25, 0.3) is 5.91 Å². The van der Waals surface area contributed by atoms with Crippen LogP contribution in [0, 0.1) is 6.92 Å². The van der Waals surface area contributed by atoms with E-state index in [1.807, 2.05) is 25.1 Å². The zero-order chi connectivity index (χ0) is 21.1. The number of fused-ring (bicyclic) bond motifs is 1. The smallest absolute Gasteiger partial charge is 0.409 e. The van der Waals surface area contributed by atoms with Gasteiger partial charge in [-0.25, -0.2) is 9.78 Å². The molecular formula is C20H22N4O5S. The summed E-state index contributed by atoms with van der Waals surface area (Å²) in [6.45, 7) is 5.92. The summed E-state index contributed by atoms with van der Waals surface area (Å²) in [5, 5.41) is 4.88. The van der Waals surface area contributed by atoms with E-state index in [1.54, 1.807) is 34.1 Å². The monoisotopic (exact) mass is 430 g/mol. The van der Waals surface area contributed by atoms with Crippen molar-refractivity contribution in [2.24, 2.45) is 0 Å². The van der Waals surface area contributed by atoms with Crippen LogP contribution >= 0.6 is 11.3 Å². The summed E-state index contributed by atoms with van der Waals surface area (Å²) in [5.41, 5.74) is 1.12. The van der Waals surface area contributed by atoms with Crippen molar-refractivity contribution in [3.63, 3.8) is 0 Å². The van der Waals surface area contributed by atoms with Gasteiger partial charge in [-0.1, -0.05) is 5.16 Å². The first kappa shape index (κ1) is 20.1. The van der Waals surface area contributed by atoms with Crippen LogP contribution in [0.4, 0.5) is 4.79 Å². The maximum Gasteiger partial charge on any atom is 0.409 e. The van der Waals surface area contributed by atoms with Gasteiger partial charge in [-0.3, -0.25) is 4.79 Å². The third-order valence-corrected chi connectivity index (χ3v) is 5.67. The number of carbonyl (C=O) groups is 2. The fourth-order valence-corrected chi connectivity index (χ4v) is 4.02. The maximum atomic E-state index is 12.7. The number of thiazole rings is 1. The van der Waals surface area contributed by atoms with Crippen LogP contribution in [0.5, 0.6) is 5.75 Å². The molecule has 0 N–H and O–H groups in total. The minimum absolute atomic E-state index is 0.158. The largest absolute Gasteiger partial charge is 0.485 e. The number of aryl methyl sites for hydroxylation is 1. The number of amides is 2. The van der Waals surface area contributed by atoms with Crippen LogP contribution in [-0.4, -0.2) is 64.7 Å². The molecule has 3 heterocycles. The van der Waals surface area contributed by atoms with E-state index in [0.29, 0.717) is 44.3 Å². The van der Waals surface area contributed by atoms with Crippen molar-refractivity contribution in [2.45, 2.75) is 20.5 Å². The molecule has 0 unspecified atom stereocenters. The molecule has 3 aromatic rings. The van der Waals surface area contributed by atoms with Gasteiger partial charge in [0.05, 0.1) is 21.8 Å². The van der Waals surface area contributed by atoms with Gasteiger partial charge in [0, 0.05) is 38.3 Å². The Bertz CT molecular complexity index is 1050. The fraction of sp³-hybridized carbons (Fsp3) is 0.400. The molecule has 1 fully saturated rings. The van der Waals surface area contributed by atoms with Crippen molar-refractivity contribution in [3.8, 4) is 5.75 Å². The molecule has 30 heavy (non-hydrogen) atoms. The van der Waals surface area contributed by atoms with Crippen molar-refractivity contribution in [3.05, 3.63) is 40.7 Å². The standard InChI is InChI=1S/C20H22N4O5S/c1-3-27-20(26)24-8-6-23(7-9-24)19(25)17-11-15(29-22-17)12-28-14-4-5-18-16(10-14)21-13(2)30-18/h4-5,10-11H,3,6-9,12H2,1-2H3. The normalized spacial score (nSPS) is 14.2. The number of hydrogen-bond acceptors (Lipinski definition) is 8. The number of aromatic nitrogens is 2. The number of rotatable bonds is 5. The van der Waals surface area contributed by atoms with E-state index in [9.17, 15) is 9.59 Å². The molecule has 0 atom stereocenters. The molecule has 1 aliphatic heterocycles. The van der Waals surface area contributed by atoms with Crippen molar-refractivity contribution < 1.29 is 23.6 Å². The molecule has 0 aliphatic carbocycles. The predicted octanol–water partition coefficient (Wildman–Crippen LogP) is 3.09. The lowest BCUT2D eigenvalue weighted by Crippen LogP contribution is -2.50. The van der Waals surface area contributed by atoms with E-state index < -0.39 is 0 Å². The fourth-order valence-electron chi connectivity index (χ4n) is 3.22. The molecule has 1 saturated heterocycles. The van der Waals surface area contributed by atoms with Crippen LogP contribution in [0.25, 0.3) is 10.2 Å². The highest BCUT2D eigenvalue weighted by atomic mass is 32.1. The van der Waals surface area contributed by atoms with Gasteiger partial charge in [0.2, 0.25) is 0 Å². The minimum Gasteiger partial charge on any atom is -0.485 e. The van der Waals surface area contributed by atoms with E-state index in [1.165, 1.54) is 0 Å². The SMILES string of the molecule is CCOC(=O)N1CCN(C(=O)c2cc(COc3ccc4sc(C)nc4c3)on2)CC1. The number of carbonyl (C=O) groups excluding carboxylic acids is 2. The van der Waals surface area contributed by atoms with Crippen LogP contribution in [-0.2, 0) is 11.3 Å². The Morgan fingerprint density at radius 2 is 1.93 bits per heavy atom.